The number of hydrogen-bond acceptors (Lipinski definition) is 1. The van der Waals surface area contributed by atoms with Gasteiger partial charge in [0, 0.05) is 11.5 Å². The molecule has 2 nitrogen and oxygen atoms in total. The van der Waals surface area contributed by atoms with Crippen LogP contribution < -0.4 is 0 Å². The van der Waals surface area contributed by atoms with Gasteiger partial charge in [0.15, 0.2) is 5.15 Å². The zero-order valence-electron chi connectivity index (χ0n) is 8.24. The molecule has 0 radical (unpaired) electrons. The number of pyridine rings is 1. The monoisotopic (exact) mass is 284 g/mol. The maximum atomic E-state index is 6.08. The smallest absolute Gasteiger partial charge is 0.155 e. The first-order valence-corrected chi connectivity index (χ1v) is 6.08. The summed E-state index contributed by atoms with van der Waals surface area (Å²) >= 11 is 9.48. The molecule has 0 aromatic carbocycles. The number of alkyl halides is 1. The highest BCUT2D eigenvalue weighted by molar-refractivity contribution is 9.09. The number of allylic oxidation sites excluding steroid dienone is 1. The van der Waals surface area contributed by atoms with Crippen LogP contribution in [0, 0.1) is 0 Å². The molecule has 78 valence electrons. The highest BCUT2D eigenvalue weighted by Crippen LogP contribution is 2.20. The first-order chi connectivity index (χ1) is 7.22. The minimum absolute atomic E-state index is 0.543. The molecule has 0 fully saturated rings. The van der Waals surface area contributed by atoms with Crippen LogP contribution in [0.2, 0.25) is 5.15 Å². The fraction of sp³-hybridized carbons (Fsp3) is 0.182. The summed E-state index contributed by atoms with van der Waals surface area (Å²) in [5, 5.41) is 1.38. The van der Waals surface area contributed by atoms with Crippen LogP contribution in [0.25, 0.3) is 11.7 Å². The van der Waals surface area contributed by atoms with Crippen molar-refractivity contribution in [3.05, 3.63) is 40.8 Å². The quantitative estimate of drug-likeness (QED) is 0.768. The molecule has 0 atom stereocenters. The molecule has 0 unspecified atom stereocenters. The van der Waals surface area contributed by atoms with Gasteiger partial charge in [0.2, 0.25) is 0 Å². The highest BCUT2D eigenvalue weighted by Gasteiger charge is 2.06. The molecule has 15 heavy (non-hydrogen) atoms. The molecule has 0 spiro atoms. The van der Waals surface area contributed by atoms with E-state index in [9.17, 15) is 0 Å². The Hall–Kier alpha value is -0.800. The lowest BCUT2D eigenvalue weighted by molar-refractivity contribution is 1.16. The molecule has 0 N–H and O–H groups in total. The average Bonchev–Trinajstić information content (AvgIpc) is 2.55. The molecule has 0 aliphatic heterocycles. The van der Waals surface area contributed by atoms with Crippen molar-refractivity contribution in [3.63, 3.8) is 0 Å². The van der Waals surface area contributed by atoms with E-state index in [1.807, 2.05) is 41.8 Å². The fourth-order valence-electron chi connectivity index (χ4n) is 1.39. The third-order valence-electron chi connectivity index (χ3n) is 2.12. The van der Waals surface area contributed by atoms with Crippen molar-refractivity contribution < 1.29 is 0 Å². The number of aromatic nitrogens is 2. The van der Waals surface area contributed by atoms with E-state index >= 15 is 0 Å². The Labute approximate surface area is 102 Å². The van der Waals surface area contributed by atoms with Crippen LogP contribution in [0.3, 0.4) is 0 Å². The number of imidazole rings is 1. The van der Waals surface area contributed by atoms with Crippen molar-refractivity contribution in [2.45, 2.75) is 6.92 Å². The van der Waals surface area contributed by atoms with Gasteiger partial charge in [-0.25, -0.2) is 4.98 Å². The Morgan fingerprint density at radius 1 is 1.60 bits per heavy atom. The van der Waals surface area contributed by atoms with Gasteiger partial charge in [-0.1, -0.05) is 39.2 Å². The standard InChI is InChI=1S/C11H10BrClN2/c1-8(7-12)6-9-11(13)14-10-4-2-3-5-15(9)10/h2-6H,7H2,1H3/b8-6-. The van der Waals surface area contributed by atoms with Gasteiger partial charge in [-0.3, -0.25) is 4.40 Å². The Bertz CT molecular complexity index is 516. The topological polar surface area (TPSA) is 17.3 Å². The van der Waals surface area contributed by atoms with E-state index in [0.717, 1.165) is 16.7 Å². The van der Waals surface area contributed by atoms with E-state index < -0.39 is 0 Å². The van der Waals surface area contributed by atoms with Crippen LogP contribution in [-0.4, -0.2) is 14.7 Å². The summed E-state index contributed by atoms with van der Waals surface area (Å²) in [6.07, 6.45) is 4.00. The zero-order valence-corrected chi connectivity index (χ0v) is 10.6. The first-order valence-electron chi connectivity index (χ1n) is 4.58. The largest absolute Gasteiger partial charge is 0.299 e. The maximum Gasteiger partial charge on any atom is 0.155 e. The predicted molar refractivity (Wildman–Crippen MR) is 67.6 cm³/mol. The maximum absolute atomic E-state index is 6.08. The summed E-state index contributed by atoms with van der Waals surface area (Å²) in [6, 6.07) is 5.85. The zero-order chi connectivity index (χ0) is 10.8. The van der Waals surface area contributed by atoms with E-state index in [0.29, 0.717) is 5.15 Å². The number of halogens is 2. The van der Waals surface area contributed by atoms with Crippen LogP contribution >= 0.6 is 27.5 Å². The Balaban J connectivity index is 2.64. The molecule has 2 heterocycles. The van der Waals surface area contributed by atoms with Gasteiger partial charge in [0.25, 0.3) is 0 Å². The summed E-state index contributed by atoms with van der Waals surface area (Å²) in [5.41, 5.74) is 3.02. The van der Waals surface area contributed by atoms with Gasteiger partial charge in [-0.15, -0.1) is 0 Å². The van der Waals surface area contributed by atoms with E-state index in [4.69, 9.17) is 11.6 Å². The molecular weight excluding hydrogens is 275 g/mol. The van der Waals surface area contributed by atoms with Crippen LogP contribution in [0.5, 0.6) is 0 Å². The van der Waals surface area contributed by atoms with Gasteiger partial charge in [0.1, 0.15) is 5.65 Å². The molecular formula is C11H10BrClN2. The lowest BCUT2D eigenvalue weighted by Gasteiger charge is -1.97. The number of fused-ring (bicyclic) bond motifs is 1. The molecule has 0 aliphatic carbocycles. The van der Waals surface area contributed by atoms with Crippen molar-refractivity contribution in [3.8, 4) is 0 Å². The van der Waals surface area contributed by atoms with Crippen molar-refractivity contribution in [1.29, 1.82) is 0 Å². The molecule has 0 saturated carbocycles. The number of nitrogens with zero attached hydrogens (tertiary/aromatic N) is 2. The number of hydrogen-bond donors (Lipinski definition) is 0. The minimum atomic E-state index is 0.543. The Kier molecular flexibility index (Phi) is 3.12. The molecule has 0 saturated heterocycles. The SMILES string of the molecule is C/C(=C/c1c(Cl)nc2ccccn12)CBr. The second-order valence-corrected chi connectivity index (χ2v) is 4.26. The lowest BCUT2D eigenvalue weighted by atomic mass is 10.3. The Morgan fingerprint density at radius 2 is 2.40 bits per heavy atom. The average molecular weight is 286 g/mol. The fourth-order valence-corrected chi connectivity index (χ4v) is 1.78. The lowest BCUT2D eigenvalue weighted by Crippen LogP contribution is -1.87. The molecule has 4 heteroatoms. The summed E-state index contributed by atoms with van der Waals surface area (Å²) < 4.78 is 1.98. The van der Waals surface area contributed by atoms with Crippen LogP contribution in [0.15, 0.2) is 30.0 Å². The first kappa shape index (κ1) is 10.7. The van der Waals surface area contributed by atoms with Crippen LogP contribution in [0.1, 0.15) is 12.6 Å². The second-order valence-electron chi connectivity index (χ2n) is 3.34. The summed E-state index contributed by atoms with van der Waals surface area (Å²) in [5.74, 6) is 0. The normalized spacial score (nSPS) is 12.3. The predicted octanol–water partition coefficient (Wildman–Crippen LogP) is 3.79. The third-order valence-corrected chi connectivity index (χ3v) is 3.28. The van der Waals surface area contributed by atoms with Crippen LogP contribution in [-0.2, 0) is 0 Å². The van der Waals surface area contributed by atoms with Crippen molar-refractivity contribution in [2.75, 3.05) is 5.33 Å². The Morgan fingerprint density at radius 3 is 3.13 bits per heavy atom. The third kappa shape index (κ3) is 2.08. The van der Waals surface area contributed by atoms with E-state index in [-0.39, 0.29) is 0 Å². The van der Waals surface area contributed by atoms with Crippen molar-refractivity contribution in [1.82, 2.24) is 9.38 Å². The van der Waals surface area contributed by atoms with Gasteiger partial charge in [-0.2, -0.15) is 0 Å². The summed E-state index contributed by atoms with van der Waals surface area (Å²) in [7, 11) is 0. The molecule has 0 bridgehead atoms. The van der Waals surface area contributed by atoms with E-state index in [2.05, 4.69) is 20.9 Å². The van der Waals surface area contributed by atoms with Crippen LogP contribution in [0.4, 0.5) is 0 Å². The summed E-state index contributed by atoms with van der Waals surface area (Å²) in [6.45, 7) is 2.05. The molecule has 0 aliphatic rings. The van der Waals surface area contributed by atoms with Gasteiger partial charge in [0.05, 0.1) is 5.69 Å². The minimum Gasteiger partial charge on any atom is -0.299 e. The van der Waals surface area contributed by atoms with Gasteiger partial charge >= 0.3 is 0 Å². The van der Waals surface area contributed by atoms with Crippen molar-refractivity contribution in [2.24, 2.45) is 0 Å². The van der Waals surface area contributed by atoms with E-state index in [1.54, 1.807) is 0 Å². The molecule has 0 amide bonds. The molecule has 2 aromatic heterocycles. The van der Waals surface area contributed by atoms with Gasteiger partial charge < -0.3 is 0 Å². The second kappa shape index (κ2) is 4.37. The number of rotatable bonds is 2. The van der Waals surface area contributed by atoms with E-state index in [1.165, 1.54) is 5.57 Å². The van der Waals surface area contributed by atoms with Crippen molar-refractivity contribution >= 4 is 39.3 Å². The van der Waals surface area contributed by atoms with Gasteiger partial charge in [-0.05, 0) is 25.1 Å². The molecule has 2 rings (SSSR count). The molecule has 2 aromatic rings. The summed E-state index contributed by atoms with van der Waals surface area (Å²) in [4.78, 5) is 4.27. The highest BCUT2D eigenvalue weighted by atomic mass is 79.9.